The number of nitrogens with zero attached hydrogens (tertiary/aromatic N) is 2. The Morgan fingerprint density at radius 3 is 2.93 bits per heavy atom. The number of anilines is 1. The van der Waals surface area contributed by atoms with Crippen LogP contribution in [0.3, 0.4) is 0 Å². The first-order chi connectivity index (χ1) is 13.4. The molecule has 0 bridgehead atoms. The fourth-order valence-corrected chi connectivity index (χ4v) is 4.57. The van der Waals surface area contributed by atoms with Crippen molar-refractivity contribution in [2.75, 3.05) is 18.5 Å². The molecule has 1 N–H and O–H groups in total. The van der Waals surface area contributed by atoms with E-state index in [0.29, 0.717) is 20.5 Å². The second-order valence-corrected chi connectivity index (χ2v) is 8.44. The van der Waals surface area contributed by atoms with Gasteiger partial charge >= 0.3 is 0 Å². The fourth-order valence-electron chi connectivity index (χ4n) is 3.39. The van der Waals surface area contributed by atoms with Gasteiger partial charge in [0.1, 0.15) is 5.76 Å². The number of benzene rings is 1. The van der Waals surface area contributed by atoms with Crippen molar-refractivity contribution >= 4 is 51.9 Å². The number of thiocarbonyl (C=S) groups is 1. The Labute approximate surface area is 172 Å². The van der Waals surface area contributed by atoms with Crippen LogP contribution in [0.5, 0.6) is 0 Å². The van der Waals surface area contributed by atoms with Crippen molar-refractivity contribution in [3.63, 3.8) is 0 Å². The van der Waals surface area contributed by atoms with Gasteiger partial charge in [0.2, 0.25) is 0 Å². The van der Waals surface area contributed by atoms with Crippen LogP contribution in [0.25, 0.3) is 6.08 Å². The molecule has 2 aliphatic heterocycles. The molecule has 0 spiro atoms. The van der Waals surface area contributed by atoms with E-state index in [-0.39, 0.29) is 5.91 Å². The van der Waals surface area contributed by atoms with Crippen molar-refractivity contribution in [2.24, 2.45) is 0 Å². The molecular weight excluding hydrogens is 394 g/mol. The highest BCUT2D eigenvalue weighted by molar-refractivity contribution is 8.26. The van der Waals surface area contributed by atoms with Crippen molar-refractivity contribution in [1.29, 1.82) is 0 Å². The van der Waals surface area contributed by atoms with Gasteiger partial charge in [0.15, 0.2) is 4.32 Å². The quantitative estimate of drug-likeness (QED) is 0.614. The maximum atomic E-state index is 12.8. The smallest absolute Gasteiger partial charge is 0.285 e. The Morgan fingerprint density at radius 2 is 2.18 bits per heavy atom. The third kappa shape index (κ3) is 3.45. The Morgan fingerprint density at radius 1 is 1.36 bits per heavy atom. The van der Waals surface area contributed by atoms with Crippen LogP contribution in [-0.2, 0) is 11.2 Å². The maximum Gasteiger partial charge on any atom is 0.285 e. The summed E-state index contributed by atoms with van der Waals surface area (Å²) in [6.45, 7) is 2.74. The van der Waals surface area contributed by atoms with Crippen LogP contribution in [-0.4, -0.2) is 34.7 Å². The van der Waals surface area contributed by atoms with Gasteiger partial charge in [-0.25, -0.2) is 0 Å². The SMILES string of the molecule is Cc1occc1C(=O)NN1C(=O)C(=Cc2ccc3c(c2)CCCN3C)SC1=S. The van der Waals surface area contributed by atoms with E-state index < -0.39 is 5.91 Å². The molecule has 28 heavy (non-hydrogen) atoms. The summed E-state index contributed by atoms with van der Waals surface area (Å²) in [5, 5.41) is 1.12. The van der Waals surface area contributed by atoms with Crippen LogP contribution in [0.1, 0.15) is 33.7 Å². The number of carbonyl (C=O) groups is 2. The average molecular weight is 414 g/mol. The van der Waals surface area contributed by atoms with Crippen LogP contribution in [0.15, 0.2) is 39.9 Å². The first kappa shape index (κ1) is 18.8. The number of fused-ring (bicyclic) bond motifs is 1. The summed E-state index contributed by atoms with van der Waals surface area (Å²) in [5.41, 5.74) is 6.41. The van der Waals surface area contributed by atoms with Gasteiger partial charge in [-0.05, 0) is 67.4 Å². The molecular formula is C20H19N3O3S2. The molecule has 0 unspecified atom stereocenters. The lowest BCUT2D eigenvalue weighted by atomic mass is 9.99. The number of hydrogen-bond acceptors (Lipinski definition) is 6. The van der Waals surface area contributed by atoms with Gasteiger partial charge in [-0.15, -0.1) is 0 Å². The summed E-state index contributed by atoms with van der Waals surface area (Å²) in [7, 11) is 2.09. The van der Waals surface area contributed by atoms with E-state index in [1.165, 1.54) is 29.3 Å². The molecule has 3 heterocycles. The maximum absolute atomic E-state index is 12.8. The molecule has 0 radical (unpaired) electrons. The van der Waals surface area contributed by atoms with Gasteiger partial charge in [-0.1, -0.05) is 17.8 Å². The number of hydrogen-bond donors (Lipinski definition) is 1. The van der Waals surface area contributed by atoms with E-state index in [2.05, 4.69) is 29.5 Å². The molecule has 1 aromatic carbocycles. The highest BCUT2D eigenvalue weighted by atomic mass is 32.2. The Kier molecular flexibility index (Phi) is 4.99. The minimum atomic E-state index is -0.430. The Hall–Kier alpha value is -2.58. The highest BCUT2D eigenvalue weighted by Crippen LogP contribution is 2.33. The molecule has 1 aromatic heterocycles. The molecule has 0 aliphatic carbocycles. The van der Waals surface area contributed by atoms with E-state index in [4.69, 9.17) is 16.6 Å². The summed E-state index contributed by atoms with van der Waals surface area (Å²) >= 11 is 6.46. The normalized spacial score (nSPS) is 18.0. The summed E-state index contributed by atoms with van der Waals surface area (Å²) < 4.78 is 5.43. The second kappa shape index (κ2) is 7.44. The molecule has 0 saturated carbocycles. The third-order valence-corrected chi connectivity index (χ3v) is 6.16. The predicted octanol–water partition coefficient (Wildman–Crippen LogP) is 3.52. The fraction of sp³-hybridized carbons (Fsp3) is 0.250. The van der Waals surface area contributed by atoms with Gasteiger partial charge in [0, 0.05) is 19.3 Å². The topological polar surface area (TPSA) is 65.8 Å². The number of hydrazine groups is 1. The zero-order valence-electron chi connectivity index (χ0n) is 15.5. The van der Waals surface area contributed by atoms with Gasteiger partial charge in [0.25, 0.3) is 11.8 Å². The summed E-state index contributed by atoms with van der Waals surface area (Å²) in [6, 6.07) is 7.76. The average Bonchev–Trinajstić information content (AvgIpc) is 3.20. The molecule has 144 valence electrons. The Balaban J connectivity index is 1.54. The van der Waals surface area contributed by atoms with Crippen molar-refractivity contribution in [3.8, 4) is 0 Å². The Bertz CT molecular complexity index is 1010. The van der Waals surface area contributed by atoms with Gasteiger partial charge in [-0.3, -0.25) is 15.0 Å². The summed E-state index contributed by atoms with van der Waals surface area (Å²) in [6.07, 6.45) is 5.41. The van der Waals surface area contributed by atoms with Crippen LogP contribution < -0.4 is 10.3 Å². The zero-order chi connectivity index (χ0) is 19.8. The largest absolute Gasteiger partial charge is 0.469 e. The van der Waals surface area contributed by atoms with Crippen LogP contribution in [0.4, 0.5) is 5.69 Å². The lowest BCUT2D eigenvalue weighted by molar-refractivity contribution is -0.123. The van der Waals surface area contributed by atoms with Crippen molar-refractivity contribution in [3.05, 3.63) is 57.9 Å². The number of thioether (sulfide) groups is 1. The lowest BCUT2D eigenvalue weighted by Gasteiger charge is -2.27. The number of rotatable bonds is 3. The van der Waals surface area contributed by atoms with Gasteiger partial charge < -0.3 is 9.32 Å². The van der Waals surface area contributed by atoms with E-state index in [1.54, 1.807) is 13.0 Å². The monoisotopic (exact) mass is 413 g/mol. The molecule has 2 aromatic rings. The molecule has 4 rings (SSSR count). The number of carbonyl (C=O) groups excluding carboxylic acids is 2. The standard InChI is InChI=1S/C20H19N3O3S2/c1-12-15(7-9-26-12)18(24)21-23-19(25)17(28-20(23)27)11-13-5-6-16-14(10-13)4-3-8-22(16)2/h5-7,9-11H,3-4,8H2,1-2H3,(H,21,24). The number of furan rings is 1. The lowest BCUT2D eigenvalue weighted by Crippen LogP contribution is -2.44. The first-order valence-electron chi connectivity index (χ1n) is 8.91. The summed E-state index contributed by atoms with van der Waals surface area (Å²) in [5.74, 6) is -0.280. The molecule has 1 fully saturated rings. The van der Waals surface area contributed by atoms with Crippen LogP contribution in [0, 0.1) is 6.92 Å². The minimum Gasteiger partial charge on any atom is -0.469 e. The second-order valence-electron chi connectivity index (χ2n) is 6.76. The van der Waals surface area contributed by atoms with Gasteiger partial charge in [0.05, 0.1) is 16.7 Å². The molecule has 2 aliphatic rings. The van der Waals surface area contributed by atoms with Crippen molar-refractivity contribution in [1.82, 2.24) is 10.4 Å². The first-order valence-corrected chi connectivity index (χ1v) is 10.1. The van der Waals surface area contributed by atoms with Crippen molar-refractivity contribution < 1.29 is 14.0 Å². The predicted molar refractivity (Wildman–Crippen MR) is 114 cm³/mol. The molecule has 6 nitrogen and oxygen atoms in total. The third-order valence-electron chi connectivity index (χ3n) is 4.86. The van der Waals surface area contributed by atoms with E-state index in [0.717, 1.165) is 30.0 Å². The molecule has 0 atom stereocenters. The van der Waals surface area contributed by atoms with E-state index in [9.17, 15) is 9.59 Å². The number of aryl methyl sites for hydroxylation is 2. The van der Waals surface area contributed by atoms with E-state index >= 15 is 0 Å². The van der Waals surface area contributed by atoms with Crippen LogP contribution >= 0.6 is 24.0 Å². The van der Waals surface area contributed by atoms with Crippen molar-refractivity contribution in [2.45, 2.75) is 19.8 Å². The molecule has 1 saturated heterocycles. The molecule has 2 amide bonds. The minimum absolute atomic E-state index is 0.295. The molecule has 8 heteroatoms. The van der Waals surface area contributed by atoms with Crippen LogP contribution in [0.2, 0.25) is 0 Å². The zero-order valence-corrected chi connectivity index (χ0v) is 17.2. The van der Waals surface area contributed by atoms with Gasteiger partial charge in [-0.2, -0.15) is 5.01 Å². The van der Waals surface area contributed by atoms with E-state index in [1.807, 2.05) is 12.1 Å². The highest BCUT2D eigenvalue weighted by Gasteiger charge is 2.34. The number of nitrogens with one attached hydrogen (secondary N) is 1. The summed E-state index contributed by atoms with van der Waals surface area (Å²) in [4.78, 5) is 27.9. The number of amides is 2.